The smallest absolute Gasteiger partial charge is 0.0367 e. The zero-order valence-electron chi connectivity index (χ0n) is 7.10. The summed E-state index contributed by atoms with van der Waals surface area (Å²) in [6, 6.07) is 6.67. The van der Waals surface area contributed by atoms with E-state index in [1.165, 1.54) is 22.1 Å². The lowest BCUT2D eigenvalue weighted by Crippen LogP contribution is -1.75. The standard InChI is InChI=1S/C10H8I2S/c1-2-8-10(12)7-4-3-6(11)5-9(7)13-8/h3-5H,2H2,1H3. The highest BCUT2D eigenvalue weighted by molar-refractivity contribution is 14.1. The topological polar surface area (TPSA) is 0 Å². The predicted octanol–water partition coefficient (Wildman–Crippen LogP) is 4.67. The van der Waals surface area contributed by atoms with Crippen molar-refractivity contribution in [1.29, 1.82) is 0 Å². The summed E-state index contributed by atoms with van der Waals surface area (Å²) in [5.41, 5.74) is 0. The first-order chi connectivity index (χ1) is 6.22. The molecule has 0 aliphatic carbocycles. The average Bonchev–Trinajstić information content (AvgIpc) is 2.42. The van der Waals surface area contributed by atoms with Crippen molar-refractivity contribution in [1.82, 2.24) is 0 Å². The Bertz CT molecular complexity index is 445. The van der Waals surface area contributed by atoms with Crippen molar-refractivity contribution in [3.05, 3.63) is 30.2 Å². The van der Waals surface area contributed by atoms with Crippen LogP contribution in [0.25, 0.3) is 10.1 Å². The largest absolute Gasteiger partial charge is 0.139 e. The molecule has 2 aromatic rings. The molecule has 3 heteroatoms. The molecule has 0 aliphatic rings. The summed E-state index contributed by atoms with van der Waals surface area (Å²) in [6.45, 7) is 2.22. The Labute approximate surface area is 109 Å². The predicted molar refractivity (Wildman–Crippen MR) is 76.6 cm³/mol. The summed E-state index contributed by atoms with van der Waals surface area (Å²) in [5.74, 6) is 0. The zero-order valence-corrected chi connectivity index (χ0v) is 12.2. The number of rotatable bonds is 1. The van der Waals surface area contributed by atoms with E-state index in [2.05, 4.69) is 70.3 Å². The summed E-state index contributed by atoms with van der Waals surface area (Å²) in [6.07, 6.45) is 1.15. The van der Waals surface area contributed by atoms with E-state index in [1.54, 1.807) is 0 Å². The molecule has 0 nitrogen and oxygen atoms in total. The SMILES string of the molecule is CCc1sc2cc(I)ccc2c1I. The quantitative estimate of drug-likeness (QED) is 0.596. The molecule has 0 unspecified atom stereocenters. The molecule has 0 atom stereocenters. The fourth-order valence-corrected chi connectivity index (χ4v) is 4.46. The van der Waals surface area contributed by atoms with Crippen molar-refractivity contribution >= 4 is 66.6 Å². The highest BCUT2D eigenvalue weighted by Crippen LogP contribution is 2.33. The summed E-state index contributed by atoms with van der Waals surface area (Å²) in [4.78, 5) is 1.51. The number of hydrogen-bond donors (Lipinski definition) is 0. The Kier molecular flexibility index (Phi) is 3.14. The number of thiophene rings is 1. The third kappa shape index (κ3) is 1.87. The second-order valence-electron chi connectivity index (χ2n) is 2.83. The lowest BCUT2D eigenvalue weighted by atomic mass is 10.2. The van der Waals surface area contributed by atoms with Gasteiger partial charge in [-0.25, -0.2) is 0 Å². The van der Waals surface area contributed by atoms with Gasteiger partial charge in [0.15, 0.2) is 0 Å². The van der Waals surface area contributed by atoms with Gasteiger partial charge in [0, 0.05) is 22.1 Å². The third-order valence-corrected chi connectivity index (χ3v) is 5.55. The van der Waals surface area contributed by atoms with Gasteiger partial charge in [0.1, 0.15) is 0 Å². The van der Waals surface area contributed by atoms with E-state index in [1.807, 2.05) is 11.3 Å². The lowest BCUT2D eigenvalue weighted by Gasteiger charge is -1.91. The van der Waals surface area contributed by atoms with Crippen LogP contribution in [0.2, 0.25) is 0 Å². The molecular weight excluding hydrogens is 406 g/mol. The Hall–Kier alpha value is 0.640. The van der Waals surface area contributed by atoms with E-state index in [-0.39, 0.29) is 0 Å². The number of benzene rings is 1. The molecule has 1 heterocycles. The van der Waals surface area contributed by atoms with E-state index in [4.69, 9.17) is 0 Å². The summed E-state index contributed by atoms with van der Waals surface area (Å²) < 4.78 is 4.19. The fraction of sp³-hybridized carbons (Fsp3) is 0.200. The van der Waals surface area contributed by atoms with Gasteiger partial charge in [0.25, 0.3) is 0 Å². The van der Waals surface area contributed by atoms with Crippen LogP contribution in [0.4, 0.5) is 0 Å². The minimum Gasteiger partial charge on any atom is -0.139 e. The molecule has 0 radical (unpaired) electrons. The van der Waals surface area contributed by atoms with Crippen LogP contribution in [0.3, 0.4) is 0 Å². The highest BCUT2D eigenvalue weighted by atomic mass is 127. The van der Waals surface area contributed by atoms with Gasteiger partial charge in [-0.1, -0.05) is 13.0 Å². The number of hydrogen-bond acceptors (Lipinski definition) is 1. The number of halogens is 2. The maximum atomic E-state index is 2.45. The van der Waals surface area contributed by atoms with Crippen molar-refractivity contribution in [2.75, 3.05) is 0 Å². The lowest BCUT2D eigenvalue weighted by molar-refractivity contribution is 1.18. The van der Waals surface area contributed by atoms with Crippen LogP contribution in [-0.4, -0.2) is 0 Å². The van der Waals surface area contributed by atoms with Crippen molar-refractivity contribution in [3.63, 3.8) is 0 Å². The molecule has 0 saturated heterocycles. The van der Waals surface area contributed by atoms with Gasteiger partial charge in [0.2, 0.25) is 0 Å². The van der Waals surface area contributed by atoms with Crippen LogP contribution in [0.15, 0.2) is 18.2 Å². The van der Waals surface area contributed by atoms with E-state index in [0.29, 0.717) is 0 Å². The normalized spacial score (nSPS) is 11.0. The second kappa shape index (κ2) is 4.02. The summed E-state index contributed by atoms with van der Waals surface area (Å²) >= 11 is 6.74. The van der Waals surface area contributed by atoms with Gasteiger partial charge in [-0.2, -0.15) is 0 Å². The highest BCUT2D eigenvalue weighted by Gasteiger charge is 2.07. The minimum atomic E-state index is 1.15. The monoisotopic (exact) mass is 414 g/mol. The number of aryl methyl sites for hydroxylation is 1. The Morgan fingerprint density at radius 2 is 2.08 bits per heavy atom. The second-order valence-corrected chi connectivity index (χ2v) is 6.29. The van der Waals surface area contributed by atoms with Crippen LogP contribution in [-0.2, 0) is 6.42 Å². The number of fused-ring (bicyclic) bond motifs is 1. The Balaban J connectivity index is 2.76. The average molecular weight is 414 g/mol. The van der Waals surface area contributed by atoms with Gasteiger partial charge in [-0.3, -0.25) is 0 Å². The molecule has 0 amide bonds. The van der Waals surface area contributed by atoms with E-state index in [9.17, 15) is 0 Å². The fourth-order valence-electron chi connectivity index (χ4n) is 1.32. The molecule has 0 saturated carbocycles. The molecule has 1 aromatic heterocycles. The van der Waals surface area contributed by atoms with E-state index < -0.39 is 0 Å². The molecule has 0 spiro atoms. The van der Waals surface area contributed by atoms with Crippen LogP contribution >= 0.6 is 56.5 Å². The molecule has 0 N–H and O–H groups in total. The Morgan fingerprint density at radius 1 is 1.31 bits per heavy atom. The molecule has 2 rings (SSSR count). The Morgan fingerprint density at radius 3 is 2.77 bits per heavy atom. The molecule has 0 aliphatic heterocycles. The first kappa shape index (κ1) is 10.2. The zero-order chi connectivity index (χ0) is 9.42. The minimum absolute atomic E-state index is 1.15. The maximum Gasteiger partial charge on any atom is 0.0367 e. The van der Waals surface area contributed by atoms with E-state index in [0.717, 1.165) is 6.42 Å². The van der Waals surface area contributed by atoms with Gasteiger partial charge in [-0.15, -0.1) is 11.3 Å². The van der Waals surface area contributed by atoms with Crippen LogP contribution in [0.1, 0.15) is 11.8 Å². The first-order valence-corrected chi connectivity index (χ1v) is 7.06. The molecule has 0 fully saturated rings. The van der Waals surface area contributed by atoms with Gasteiger partial charge in [0.05, 0.1) is 0 Å². The van der Waals surface area contributed by atoms with Crippen molar-refractivity contribution in [2.24, 2.45) is 0 Å². The first-order valence-electron chi connectivity index (χ1n) is 4.08. The van der Waals surface area contributed by atoms with Crippen molar-refractivity contribution in [2.45, 2.75) is 13.3 Å². The van der Waals surface area contributed by atoms with Crippen molar-refractivity contribution in [3.8, 4) is 0 Å². The van der Waals surface area contributed by atoms with Crippen molar-refractivity contribution < 1.29 is 0 Å². The van der Waals surface area contributed by atoms with Gasteiger partial charge < -0.3 is 0 Å². The van der Waals surface area contributed by atoms with Crippen LogP contribution in [0, 0.1) is 7.14 Å². The summed E-state index contributed by atoms with van der Waals surface area (Å²) in [7, 11) is 0. The van der Waals surface area contributed by atoms with E-state index >= 15 is 0 Å². The summed E-state index contributed by atoms with van der Waals surface area (Å²) in [5, 5.41) is 1.42. The molecular formula is C10H8I2S. The molecule has 13 heavy (non-hydrogen) atoms. The third-order valence-electron chi connectivity index (χ3n) is 1.98. The van der Waals surface area contributed by atoms with Crippen LogP contribution in [0.5, 0.6) is 0 Å². The van der Waals surface area contributed by atoms with Crippen LogP contribution < -0.4 is 0 Å². The van der Waals surface area contributed by atoms with Gasteiger partial charge >= 0.3 is 0 Å². The molecule has 68 valence electrons. The molecule has 0 bridgehead atoms. The molecule has 1 aromatic carbocycles. The maximum absolute atomic E-state index is 2.45. The van der Waals surface area contributed by atoms with Gasteiger partial charge in [-0.05, 0) is 63.7 Å².